The topological polar surface area (TPSA) is 12.0 Å². The molecule has 0 spiro atoms. The van der Waals surface area contributed by atoms with Crippen molar-refractivity contribution >= 4 is 0 Å². The van der Waals surface area contributed by atoms with Crippen LogP contribution in [-0.4, -0.2) is 6.54 Å². The van der Waals surface area contributed by atoms with Crippen molar-refractivity contribution in [1.82, 2.24) is 5.32 Å². The van der Waals surface area contributed by atoms with E-state index in [0.717, 1.165) is 6.54 Å². The average Bonchev–Trinajstić information content (AvgIpc) is 2.13. The zero-order chi connectivity index (χ0) is 13.1. The third-order valence-corrected chi connectivity index (χ3v) is 3.07. The van der Waals surface area contributed by atoms with E-state index in [1.807, 2.05) is 0 Å². The van der Waals surface area contributed by atoms with Gasteiger partial charge in [-0.25, -0.2) is 0 Å². The van der Waals surface area contributed by atoms with Crippen LogP contribution in [-0.2, 0) is 0 Å². The van der Waals surface area contributed by atoms with Crippen LogP contribution in [0.5, 0.6) is 0 Å². The molecule has 1 aromatic carbocycles. The van der Waals surface area contributed by atoms with E-state index in [-0.39, 0.29) is 0 Å². The molecule has 0 aliphatic carbocycles. The van der Waals surface area contributed by atoms with Crippen molar-refractivity contribution in [2.45, 2.75) is 54.0 Å². The van der Waals surface area contributed by atoms with Crippen LogP contribution in [0.15, 0.2) is 18.2 Å². The molecule has 0 radical (unpaired) electrons. The fourth-order valence-electron chi connectivity index (χ4n) is 2.04. The average molecular weight is 233 g/mol. The molecule has 0 bridgehead atoms. The lowest BCUT2D eigenvalue weighted by atomic mass is 9.92. The van der Waals surface area contributed by atoms with Crippen LogP contribution < -0.4 is 5.32 Å². The van der Waals surface area contributed by atoms with Crippen molar-refractivity contribution in [3.63, 3.8) is 0 Å². The van der Waals surface area contributed by atoms with E-state index in [9.17, 15) is 0 Å². The fraction of sp³-hybridized carbons (Fsp3) is 0.625. The van der Waals surface area contributed by atoms with Crippen LogP contribution in [0.1, 0.15) is 56.8 Å². The molecule has 1 nitrogen and oxygen atoms in total. The van der Waals surface area contributed by atoms with Crippen LogP contribution in [0.3, 0.4) is 0 Å². The van der Waals surface area contributed by atoms with Crippen molar-refractivity contribution < 1.29 is 0 Å². The molecule has 17 heavy (non-hydrogen) atoms. The first kappa shape index (κ1) is 14.2. The Balaban J connectivity index is 2.55. The molecule has 1 N–H and O–H groups in total. The minimum atomic E-state index is 0.412. The Kier molecular flexibility index (Phi) is 4.76. The lowest BCUT2D eigenvalue weighted by Gasteiger charge is -2.21. The Bertz CT molecular complexity index is 340. The second-order valence-corrected chi connectivity index (χ2v) is 6.41. The highest BCUT2D eigenvalue weighted by Crippen LogP contribution is 2.20. The zero-order valence-corrected chi connectivity index (χ0v) is 12.2. The zero-order valence-electron chi connectivity index (χ0n) is 12.2. The molecule has 0 fully saturated rings. The van der Waals surface area contributed by atoms with Gasteiger partial charge in [0.2, 0.25) is 0 Å². The van der Waals surface area contributed by atoms with Gasteiger partial charge < -0.3 is 5.32 Å². The number of nitrogens with one attached hydrogen (secondary N) is 1. The minimum absolute atomic E-state index is 0.412. The molecule has 0 heterocycles. The molecule has 96 valence electrons. The summed E-state index contributed by atoms with van der Waals surface area (Å²) in [5.41, 5.74) is 4.51. The third kappa shape index (κ3) is 5.36. The maximum atomic E-state index is 3.61. The Morgan fingerprint density at radius 3 is 2.06 bits per heavy atom. The van der Waals surface area contributed by atoms with Crippen LogP contribution in [0, 0.1) is 19.3 Å². The Labute approximate surface area is 107 Å². The van der Waals surface area contributed by atoms with Crippen molar-refractivity contribution in [1.29, 1.82) is 0 Å². The maximum Gasteiger partial charge on any atom is 0.0291 e. The van der Waals surface area contributed by atoms with Gasteiger partial charge in [-0.2, -0.15) is 0 Å². The van der Waals surface area contributed by atoms with Gasteiger partial charge >= 0.3 is 0 Å². The molecule has 0 aliphatic heterocycles. The SMILES string of the molecule is Cc1cc(C)cc(C(C)NCCC(C)(C)C)c1. The number of aryl methyl sites for hydroxylation is 2. The number of benzene rings is 1. The molecule has 0 aliphatic rings. The highest BCUT2D eigenvalue weighted by atomic mass is 14.9. The second kappa shape index (κ2) is 5.68. The van der Waals surface area contributed by atoms with E-state index < -0.39 is 0 Å². The molecule has 0 amide bonds. The molecule has 1 rings (SSSR count). The first-order valence-corrected chi connectivity index (χ1v) is 6.59. The molecule has 0 aromatic heterocycles. The van der Waals surface area contributed by atoms with Gasteiger partial charge in [0.1, 0.15) is 0 Å². The van der Waals surface area contributed by atoms with Gasteiger partial charge in [-0.05, 0) is 44.7 Å². The van der Waals surface area contributed by atoms with Crippen molar-refractivity contribution in [2.75, 3.05) is 6.54 Å². The smallest absolute Gasteiger partial charge is 0.0291 e. The summed E-state index contributed by atoms with van der Waals surface area (Å²) in [7, 11) is 0. The predicted octanol–water partition coefficient (Wildman–Crippen LogP) is 4.39. The summed E-state index contributed by atoms with van der Waals surface area (Å²) < 4.78 is 0. The number of rotatable bonds is 4. The molecule has 1 aromatic rings. The van der Waals surface area contributed by atoms with E-state index >= 15 is 0 Å². The normalized spacial score (nSPS) is 13.8. The van der Waals surface area contributed by atoms with Gasteiger partial charge in [0, 0.05) is 6.04 Å². The Hall–Kier alpha value is -0.820. The fourth-order valence-corrected chi connectivity index (χ4v) is 2.04. The molecule has 0 saturated carbocycles. The monoisotopic (exact) mass is 233 g/mol. The molecular formula is C16H27N. The molecular weight excluding hydrogens is 206 g/mol. The van der Waals surface area contributed by atoms with Gasteiger partial charge in [-0.1, -0.05) is 50.1 Å². The van der Waals surface area contributed by atoms with Gasteiger partial charge in [-0.15, -0.1) is 0 Å². The highest BCUT2D eigenvalue weighted by Gasteiger charge is 2.11. The van der Waals surface area contributed by atoms with Gasteiger partial charge in [0.25, 0.3) is 0 Å². The summed E-state index contributed by atoms with van der Waals surface area (Å²) in [5.74, 6) is 0. The maximum absolute atomic E-state index is 3.61. The van der Waals surface area contributed by atoms with Crippen molar-refractivity contribution in [3.05, 3.63) is 34.9 Å². The molecule has 1 atom stereocenters. The Morgan fingerprint density at radius 2 is 1.59 bits per heavy atom. The molecule has 0 saturated heterocycles. The standard InChI is InChI=1S/C16H27N/c1-12-9-13(2)11-15(10-12)14(3)17-8-7-16(4,5)6/h9-11,14,17H,7-8H2,1-6H3. The molecule has 1 unspecified atom stereocenters. The summed E-state index contributed by atoms with van der Waals surface area (Å²) in [6, 6.07) is 7.23. The summed E-state index contributed by atoms with van der Waals surface area (Å²) in [6.07, 6.45) is 1.21. The van der Waals surface area contributed by atoms with E-state index in [0.29, 0.717) is 11.5 Å². The number of hydrogen-bond donors (Lipinski definition) is 1. The first-order chi connectivity index (χ1) is 7.78. The lowest BCUT2D eigenvalue weighted by Crippen LogP contribution is -2.23. The summed E-state index contributed by atoms with van der Waals surface area (Å²) in [5, 5.41) is 3.61. The lowest BCUT2D eigenvalue weighted by molar-refractivity contribution is 0.358. The molecule has 1 heteroatoms. The third-order valence-electron chi connectivity index (χ3n) is 3.07. The van der Waals surface area contributed by atoms with Crippen LogP contribution in [0.2, 0.25) is 0 Å². The van der Waals surface area contributed by atoms with Crippen LogP contribution >= 0.6 is 0 Å². The predicted molar refractivity (Wildman–Crippen MR) is 76.4 cm³/mol. The minimum Gasteiger partial charge on any atom is -0.310 e. The van der Waals surface area contributed by atoms with Crippen molar-refractivity contribution in [2.24, 2.45) is 5.41 Å². The summed E-state index contributed by atoms with van der Waals surface area (Å²) >= 11 is 0. The van der Waals surface area contributed by atoms with Gasteiger partial charge in [0.15, 0.2) is 0 Å². The van der Waals surface area contributed by atoms with Crippen LogP contribution in [0.25, 0.3) is 0 Å². The van der Waals surface area contributed by atoms with Crippen molar-refractivity contribution in [3.8, 4) is 0 Å². The van der Waals surface area contributed by atoms with E-state index in [1.165, 1.54) is 23.1 Å². The summed E-state index contributed by atoms with van der Waals surface area (Å²) in [4.78, 5) is 0. The largest absolute Gasteiger partial charge is 0.310 e. The highest BCUT2D eigenvalue weighted by molar-refractivity contribution is 5.30. The van der Waals surface area contributed by atoms with Gasteiger partial charge in [0.05, 0.1) is 0 Å². The van der Waals surface area contributed by atoms with E-state index in [4.69, 9.17) is 0 Å². The van der Waals surface area contributed by atoms with Crippen LogP contribution in [0.4, 0.5) is 0 Å². The van der Waals surface area contributed by atoms with Gasteiger partial charge in [-0.3, -0.25) is 0 Å². The summed E-state index contributed by atoms with van der Waals surface area (Å²) in [6.45, 7) is 14.5. The van der Waals surface area contributed by atoms with E-state index in [1.54, 1.807) is 0 Å². The second-order valence-electron chi connectivity index (χ2n) is 6.41. The first-order valence-electron chi connectivity index (χ1n) is 6.59. The quantitative estimate of drug-likeness (QED) is 0.813. The Morgan fingerprint density at radius 1 is 1.06 bits per heavy atom. The van der Waals surface area contributed by atoms with E-state index in [2.05, 4.69) is 65.1 Å². The number of hydrogen-bond acceptors (Lipinski definition) is 1.